The normalized spacial score (nSPS) is 14.6. The summed E-state index contributed by atoms with van der Waals surface area (Å²) < 4.78 is 2.54. The predicted octanol–water partition coefficient (Wildman–Crippen LogP) is 5.06. The molecule has 5 aromatic rings. The van der Waals surface area contributed by atoms with Crippen molar-refractivity contribution in [3.05, 3.63) is 77.0 Å². The summed E-state index contributed by atoms with van der Waals surface area (Å²) in [6, 6.07) is 17.1. The molecule has 1 amide bonds. The van der Waals surface area contributed by atoms with Crippen molar-refractivity contribution in [2.75, 3.05) is 18.4 Å². The summed E-state index contributed by atoms with van der Waals surface area (Å²) >= 11 is 3.53. The van der Waals surface area contributed by atoms with E-state index >= 15 is 0 Å². The van der Waals surface area contributed by atoms with Crippen LogP contribution in [0.5, 0.6) is 5.75 Å². The van der Waals surface area contributed by atoms with Crippen LogP contribution in [-0.4, -0.2) is 54.6 Å². The van der Waals surface area contributed by atoms with Crippen molar-refractivity contribution in [1.82, 2.24) is 24.5 Å². The Kier molecular flexibility index (Phi) is 5.41. The van der Waals surface area contributed by atoms with Gasteiger partial charge in [-0.1, -0.05) is 30.3 Å². The van der Waals surface area contributed by atoms with E-state index in [-0.39, 0.29) is 17.7 Å². The Hall–Kier alpha value is -3.85. The van der Waals surface area contributed by atoms with Crippen molar-refractivity contribution in [3.63, 3.8) is 0 Å². The SMILES string of the molecule is O=C(c1c[nH]c2ccccc12)N1CCC(Nc2cc(-c3ccccc3O)nc3c(Br)cnn23)CC1. The molecule has 0 spiro atoms. The number of aromatic hydroxyl groups is 1. The summed E-state index contributed by atoms with van der Waals surface area (Å²) in [6.07, 6.45) is 5.14. The van der Waals surface area contributed by atoms with Gasteiger partial charge in [0.2, 0.25) is 0 Å². The minimum Gasteiger partial charge on any atom is -0.507 e. The maximum atomic E-state index is 13.2. The van der Waals surface area contributed by atoms with Crippen molar-refractivity contribution in [3.8, 4) is 17.0 Å². The van der Waals surface area contributed by atoms with E-state index in [4.69, 9.17) is 4.98 Å². The summed E-state index contributed by atoms with van der Waals surface area (Å²) in [4.78, 5) is 23.0. The fourth-order valence-electron chi connectivity index (χ4n) is 4.72. The first-order chi connectivity index (χ1) is 17.1. The van der Waals surface area contributed by atoms with Gasteiger partial charge in [-0.05, 0) is 47.0 Å². The van der Waals surface area contributed by atoms with Gasteiger partial charge < -0.3 is 20.3 Å². The minimum absolute atomic E-state index is 0.0602. The first-order valence-corrected chi connectivity index (χ1v) is 12.3. The van der Waals surface area contributed by atoms with E-state index in [1.165, 1.54) is 0 Å². The van der Waals surface area contributed by atoms with Crippen molar-refractivity contribution in [2.45, 2.75) is 18.9 Å². The molecule has 9 heteroatoms. The molecule has 0 bridgehead atoms. The monoisotopic (exact) mass is 530 g/mol. The van der Waals surface area contributed by atoms with Crippen molar-refractivity contribution < 1.29 is 9.90 Å². The van der Waals surface area contributed by atoms with Gasteiger partial charge in [0, 0.05) is 47.9 Å². The molecule has 8 nitrogen and oxygen atoms in total. The van der Waals surface area contributed by atoms with Crippen molar-refractivity contribution >= 4 is 44.2 Å². The average Bonchev–Trinajstić information content (AvgIpc) is 3.48. The highest BCUT2D eigenvalue weighted by molar-refractivity contribution is 9.10. The lowest BCUT2D eigenvalue weighted by Gasteiger charge is -2.33. The smallest absolute Gasteiger partial charge is 0.256 e. The van der Waals surface area contributed by atoms with Crippen LogP contribution in [0.15, 0.2) is 71.5 Å². The molecular weight excluding hydrogens is 508 g/mol. The number of rotatable bonds is 4. The second-order valence-electron chi connectivity index (χ2n) is 8.73. The average molecular weight is 531 g/mol. The van der Waals surface area contributed by atoms with E-state index in [2.05, 4.69) is 31.3 Å². The third-order valence-corrected chi connectivity index (χ3v) is 7.12. The molecule has 1 aliphatic heterocycles. The summed E-state index contributed by atoms with van der Waals surface area (Å²) in [7, 11) is 0. The standard InChI is InChI=1S/C26H23BrN6O2/c27-20-15-29-33-24(13-22(31-25(20)33)18-6-2-4-8-23(18)34)30-16-9-11-32(12-10-16)26(35)19-14-28-21-7-3-1-5-17(19)21/h1-8,13-16,28,30,34H,9-12H2. The molecule has 2 aromatic carbocycles. The van der Waals surface area contributed by atoms with Gasteiger partial charge in [-0.25, -0.2) is 4.98 Å². The van der Waals surface area contributed by atoms with Crippen LogP contribution < -0.4 is 5.32 Å². The van der Waals surface area contributed by atoms with E-state index in [0.29, 0.717) is 30.0 Å². The number of phenols is 1. The Morgan fingerprint density at radius 3 is 2.71 bits per heavy atom. The van der Waals surface area contributed by atoms with Gasteiger partial charge in [-0.2, -0.15) is 9.61 Å². The highest BCUT2D eigenvalue weighted by Gasteiger charge is 2.26. The highest BCUT2D eigenvalue weighted by Crippen LogP contribution is 2.32. The maximum absolute atomic E-state index is 13.2. The van der Waals surface area contributed by atoms with Crippen LogP contribution in [0.25, 0.3) is 27.8 Å². The molecule has 0 unspecified atom stereocenters. The third kappa shape index (κ3) is 3.91. The number of fused-ring (bicyclic) bond motifs is 2. The Labute approximate surface area is 209 Å². The second kappa shape index (κ2) is 8.74. The van der Waals surface area contributed by atoms with E-state index in [1.54, 1.807) is 29.0 Å². The Balaban J connectivity index is 1.22. The maximum Gasteiger partial charge on any atom is 0.256 e. The molecule has 176 valence electrons. The molecule has 0 saturated carbocycles. The fraction of sp³-hybridized carbons (Fsp3) is 0.192. The molecule has 0 atom stereocenters. The van der Waals surface area contributed by atoms with Crippen LogP contribution in [0.3, 0.4) is 0 Å². The van der Waals surface area contributed by atoms with E-state index < -0.39 is 0 Å². The topological polar surface area (TPSA) is 98.5 Å². The fourth-order valence-corrected chi connectivity index (χ4v) is 5.07. The number of nitrogens with one attached hydrogen (secondary N) is 2. The second-order valence-corrected chi connectivity index (χ2v) is 9.58. The molecule has 1 saturated heterocycles. The van der Waals surface area contributed by atoms with E-state index in [0.717, 1.165) is 39.6 Å². The molecule has 6 rings (SSSR count). The number of para-hydroxylation sites is 2. The van der Waals surface area contributed by atoms with Gasteiger partial charge in [0.25, 0.3) is 5.91 Å². The molecule has 0 radical (unpaired) electrons. The van der Waals surface area contributed by atoms with Gasteiger partial charge in [0.1, 0.15) is 11.6 Å². The zero-order valence-corrected chi connectivity index (χ0v) is 20.4. The number of hydrogen-bond donors (Lipinski definition) is 3. The number of nitrogens with zero attached hydrogens (tertiary/aromatic N) is 4. The number of halogens is 1. The summed E-state index contributed by atoms with van der Waals surface area (Å²) in [5, 5.41) is 19.4. The zero-order valence-electron chi connectivity index (χ0n) is 18.8. The Morgan fingerprint density at radius 1 is 1.11 bits per heavy atom. The lowest BCUT2D eigenvalue weighted by atomic mass is 10.0. The zero-order chi connectivity index (χ0) is 23.9. The number of aromatic nitrogens is 4. The van der Waals surface area contributed by atoms with Gasteiger partial charge in [0.05, 0.1) is 21.9 Å². The molecule has 35 heavy (non-hydrogen) atoms. The lowest BCUT2D eigenvalue weighted by molar-refractivity contribution is 0.0720. The molecule has 3 aromatic heterocycles. The number of phenolic OH excluding ortho intramolecular Hbond substituents is 1. The van der Waals surface area contributed by atoms with Crippen LogP contribution in [0.1, 0.15) is 23.2 Å². The lowest BCUT2D eigenvalue weighted by Crippen LogP contribution is -2.42. The third-order valence-electron chi connectivity index (χ3n) is 6.56. The number of piperidine rings is 1. The minimum atomic E-state index is 0.0602. The number of carbonyl (C=O) groups excluding carboxylic acids is 1. The van der Waals surface area contributed by atoms with Gasteiger partial charge >= 0.3 is 0 Å². The Morgan fingerprint density at radius 2 is 1.89 bits per heavy atom. The number of hydrogen-bond acceptors (Lipinski definition) is 5. The van der Waals surface area contributed by atoms with Crippen LogP contribution in [-0.2, 0) is 0 Å². The number of benzene rings is 2. The largest absolute Gasteiger partial charge is 0.507 e. The number of carbonyl (C=O) groups is 1. The molecule has 4 heterocycles. The summed E-state index contributed by atoms with van der Waals surface area (Å²) in [5.74, 6) is 1.03. The number of amides is 1. The molecule has 1 aliphatic rings. The van der Waals surface area contributed by atoms with Gasteiger partial charge in [-0.15, -0.1) is 0 Å². The number of aromatic amines is 1. The number of likely N-dealkylation sites (tertiary alicyclic amines) is 1. The Bertz CT molecular complexity index is 1550. The van der Waals surface area contributed by atoms with Crippen molar-refractivity contribution in [2.24, 2.45) is 0 Å². The van der Waals surface area contributed by atoms with E-state index in [1.807, 2.05) is 47.4 Å². The van der Waals surface area contributed by atoms with Crippen LogP contribution in [0.4, 0.5) is 5.82 Å². The van der Waals surface area contributed by atoms with Crippen LogP contribution in [0, 0.1) is 0 Å². The highest BCUT2D eigenvalue weighted by atomic mass is 79.9. The first kappa shape index (κ1) is 21.7. The number of anilines is 1. The quantitative estimate of drug-likeness (QED) is 0.301. The molecular formula is C26H23BrN6O2. The molecule has 0 aliphatic carbocycles. The van der Waals surface area contributed by atoms with Crippen LogP contribution in [0.2, 0.25) is 0 Å². The molecule has 1 fully saturated rings. The van der Waals surface area contributed by atoms with Gasteiger partial charge in [0.15, 0.2) is 5.65 Å². The van der Waals surface area contributed by atoms with E-state index in [9.17, 15) is 9.90 Å². The number of H-pyrrole nitrogens is 1. The first-order valence-electron chi connectivity index (χ1n) is 11.5. The molecule has 3 N–H and O–H groups in total. The van der Waals surface area contributed by atoms with Crippen LogP contribution >= 0.6 is 15.9 Å². The predicted molar refractivity (Wildman–Crippen MR) is 139 cm³/mol. The van der Waals surface area contributed by atoms with Crippen molar-refractivity contribution in [1.29, 1.82) is 0 Å². The van der Waals surface area contributed by atoms with Gasteiger partial charge in [-0.3, -0.25) is 4.79 Å². The summed E-state index contributed by atoms with van der Waals surface area (Å²) in [5.41, 5.74) is 3.67. The summed E-state index contributed by atoms with van der Waals surface area (Å²) in [6.45, 7) is 1.33.